The summed E-state index contributed by atoms with van der Waals surface area (Å²) < 4.78 is 1.99. The van der Waals surface area contributed by atoms with Crippen molar-refractivity contribution >= 4 is 0 Å². The van der Waals surface area contributed by atoms with E-state index in [-0.39, 0.29) is 17.6 Å². The van der Waals surface area contributed by atoms with Crippen LogP contribution in [0.4, 0.5) is 0 Å². The van der Waals surface area contributed by atoms with Gasteiger partial charge < -0.3 is 5.11 Å². The monoisotopic (exact) mass is 208 g/mol. The van der Waals surface area contributed by atoms with Gasteiger partial charge in [0.05, 0.1) is 17.8 Å². The van der Waals surface area contributed by atoms with Gasteiger partial charge in [0.25, 0.3) is 0 Å². The number of aromatic nitrogens is 2. The zero-order valence-corrected chi connectivity index (χ0v) is 9.99. The number of hydrogen-bond donors (Lipinski definition) is 1. The molecule has 0 aliphatic heterocycles. The van der Waals surface area contributed by atoms with Gasteiger partial charge in [0.2, 0.25) is 0 Å². The van der Waals surface area contributed by atoms with E-state index < -0.39 is 0 Å². The molecule has 1 aliphatic carbocycles. The van der Waals surface area contributed by atoms with Crippen LogP contribution in [0.5, 0.6) is 0 Å². The third-order valence-electron chi connectivity index (χ3n) is 3.61. The number of rotatable bonds is 1. The second kappa shape index (κ2) is 3.34. The highest BCUT2D eigenvalue weighted by molar-refractivity contribution is 5.09. The summed E-state index contributed by atoms with van der Waals surface area (Å²) in [6.45, 7) is 8.31. The molecule has 2 rings (SSSR count). The number of aliphatic hydroxyl groups is 1. The molecule has 1 N–H and O–H groups in total. The maximum Gasteiger partial charge on any atom is 0.0815 e. The van der Waals surface area contributed by atoms with Crippen LogP contribution in [0, 0.1) is 19.3 Å². The normalized spacial score (nSPS) is 29.7. The van der Waals surface area contributed by atoms with Gasteiger partial charge in [0, 0.05) is 5.69 Å². The van der Waals surface area contributed by atoms with Gasteiger partial charge in [-0.3, -0.25) is 4.68 Å². The fourth-order valence-electron chi connectivity index (χ4n) is 2.58. The van der Waals surface area contributed by atoms with E-state index in [4.69, 9.17) is 0 Å². The molecule has 3 nitrogen and oxygen atoms in total. The van der Waals surface area contributed by atoms with Gasteiger partial charge in [-0.2, -0.15) is 5.10 Å². The molecule has 0 spiro atoms. The average Bonchev–Trinajstić information content (AvgIpc) is 2.56. The fraction of sp³-hybridized carbons (Fsp3) is 0.750. The maximum absolute atomic E-state index is 10.2. The van der Waals surface area contributed by atoms with E-state index in [1.165, 1.54) is 0 Å². The van der Waals surface area contributed by atoms with Crippen molar-refractivity contribution in [1.29, 1.82) is 0 Å². The molecule has 1 aliphatic rings. The largest absolute Gasteiger partial charge is 0.390 e. The van der Waals surface area contributed by atoms with Crippen molar-refractivity contribution in [3.05, 3.63) is 17.5 Å². The van der Waals surface area contributed by atoms with E-state index in [1.54, 1.807) is 0 Å². The van der Waals surface area contributed by atoms with Gasteiger partial charge in [-0.15, -0.1) is 0 Å². The lowest BCUT2D eigenvalue weighted by atomic mass is 9.89. The van der Waals surface area contributed by atoms with Crippen molar-refractivity contribution < 1.29 is 5.11 Å². The van der Waals surface area contributed by atoms with E-state index in [9.17, 15) is 5.11 Å². The minimum absolute atomic E-state index is 0.0248. The lowest BCUT2D eigenvalue weighted by Crippen LogP contribution is -2.30. The Bertz CT molecular complexity index is 368. The summed E-state index contributed by atoms with van der Waals surface area (Å²) in [5.74, 6) is 0. The minimum atomic E-state index is -0.282. The molecule has 0 amide bonds. The number of hydrogen-bond acceptors (Lipinski definition) is 2. The van der Waals surface area contributed by atoms with E-state index >= 15 is 0 Å². The molecule has 1 heterocycles. The number of aryl methyl sites for hydroxylation is 2. The predicted octanol–water partition coefficient (Wildman–Crippen LogP) is 2.22. The maximum atomic E-state index is 10.2. The zero-order chi connectivity index (χ0) is 11.2. The second-order valence-electron chi connectivity index (χ2n) is 5.41. The van der Waals surface area contributed by atoms with Gasteiger partial charge in [-0.1, -0.05) is 13.8 Å². The Morgan fingerprint density at radius 3 is 2.53 bits per heavy atom. The quantitative estimate of drug-likeness (QED) is 0.768. The Kier molecular flexibility index (Phi) is 2.38. The molecule has 3 heteroatoms. The lowest BCUT2D eigenvalue weighted by Gasteiger charge is -2.26. The van der Waals surface area contributed by atoms with Gasteiger partial charge in [0.15, 0.2) is 0 Å². The topological polar surface area (TPSA) is 38.0 Å². The predicted molar refractivity (Wildman–Crippen MR) is 59.8 cm³/mol. The van der Waals surface area contributed by atoms with E-state index in [1.807, 2.05) is 11.6 Å². The standard InChI is InChI=1S/C12H20N2O/c1-8-7-9(2)14(13-8)10-5-6-12(3,4)11(10)15/h7,10-11,15H,5-6H2,1-4H3. The van der Waals surface area contributed by atoms with Gasteiger partial charge in [-0.25, -0.2) is 0 Å². The van der Waals surface area contributed by atoms with Crippen LogP contribution in [-0.2, 0) is 0 Å². The Labute approximate surface area is 91.1 Å². The Balaban J connectivity index is 2.30. The van der Waals surface area contributed by atoms with Crippen molar-refractivity contribution in [2.75, 3.05) is 0 Å². The van der Waals surface area contributed by atoms with Crippen molar-refractivity contribution in [1.82, 2.24) is 9.78 Å². The second-order valence-corrected chi connectivity index (χ2v) is 5.41. The molecule has 1 aromatic heterocycles. The highest BCUT2D eigenvalue weighted by atomic mass is 16.3. The molecule has 2 unspecified atom stereocenters. The minimum Gasteiger partial charge on any atom is -0.390 e. The first-order valence-electron chi connectivity index (χ1n) is 5.62. The first-order valence-corrected chi connectivity index (χ1v) is 5.62. The number of nitrogens with zero attached hydrogens (tertiary/aromatic N) is 2. The molecule has 84 valence electrons. The van der Waals surface area contributed by atoms with Crippen molar-refractivity contribution in [2.24, 2.45) is 5.41 Å². The zero-order valence-electron chi connectivity index (χ0n) is 9.99. The van der Waals surface area contributed by atoms with E-state index in [0.29, 0.717) is 0 Å². The fourth-order valence-corrected chi connectivity index (χ4v) is 2.58. The molecular formula is C12H20N2O. The average molecular weight is 208 g/mol. The first-order chi connectivity index (χ1) is 6.92. The van der Waals surface area contributed by atoms with Crippen LogP contribution < -0.4 is 0 Å². The summed E-state index contributed by atoms with van der Waals surface area (Å²) in [7, 11) is 0. The first kappa shape index (κ1) is 10.7. The summed E-state index contributed by atoms with van der Waals surface area (Å²) >= 11 is 0. The summed E-state index contributed by atoms with van der Waals surface area (Å²) in [5, 5.41) is 14.7. The van der Waals surface area contributed by atoms with Crippen LogP contribution in [0.15, 0.2) is 6.07 Å². The summed E-state index contributed by atoms with van der Waals surface area (Å²) in [6.07, 6.45) is 1.81. The third kappa shape index (κ3) is 1.69. The van der Waals surface area contributed by atoms with Crippen molar-refractivity contribution in [2.45, 2.75) is 52.7 Å². The van der Waals surface area contributed by atoms with Crippen LogP contribution in [0.1, 0.15) is 44.1 Å². The summed E-state index contributed by atoms with van der Waals surface area (Å²) in [6, 6.07) is 2.23. The van der Waals surface area contributed by atoms with Crippen molar-refractivity contribution in [3.63, 3.8) is 0 Å². The third-order valence-corrected chi connectivity index (χ3v) is 3.61. The van der Waals surface area contributed by atoms with Crippen LogP contribution in [-0.4, -0.2) is 21.0 Å². The van der Waals surface area contributed by atoms with Crippen LogP contribution in [0.25, 0.3) is 0 Å². The molecule has 0 radical (unpaired) electrons. The molecule has 1 saturated carbocycles. The molecule has 2 atom stereocenters. The summed E-state index contributed by atoms with van der Waals surface area (Å²) in [4.78, 5) is 0. The molecule has 0 aromatic carbocycles. The smallest absolute Gasteiger partial charge is 0.0815 e. The van der Waals surface area contributed by atoms with Crippen LogP contribution >= 0.6 is 0 Å². The molecule has 15 heavy (non-hydrogen) atoms. The summed E-state index contributed by atoms with van der Waals surface area (Å²) in [5.41, 5.74) is 2.20. The van der Waals surface area contributed by atoms with E-state index in [2.05, 4.69) is 31.9 Å². The van der Waals surface area contributed by atoms with Gasteiger partial charge in [0.1, 0.15) is 0 Å². The van der Waals surface area contributed by atoms with Gasteiger partial charge >= 0.3 is 0 Å². The Morgan fingerprint density at radius 1 is 1.47 bits per heavy atom. The van der Waals surface area contributed by atoms with Gasteiger partial charge in [-0.05, 0) is 38.2 Å². The molecule has 0 saturated heterocycles. The Morgan fingerprint density at radius 2 is 2.13 bits per heavy atom. The SMILES string of the molecule is Cc1cc(C)n(C2CCC(C)(C)C2O)n1. The van der Waals surface area contributed by atoms with Crippen LogP contribution in [0.3, 0.4) is 0 Å². The molecule has 1 aromatic rings. The molecule has 1 fully saturated rings. The highest BCUT2D eigenvalue weighted by Crippen LogP contribution is 2.43. The molecular weight excluding hydrogens is 188 g/mol. The lowest BCUT2D eigenvalue weighted by molar-refractivity contribution is 0.0456. The van der Waals surface area contributed by atoms with Crippen molar-refractivity contribution in [3.8, 4) is 0 Å². The number of aliphatic hydroxyl groups excluding tert-OH is 1. The highest BCUT2D eigenvalue weighted by Gasteiger charge is 2.42. The molecule has 0 bridgehead atoms. The Hall–Kier alpha value is -0.830. The van der Waals surface area contributed by atoms with Crippen LogP contribution in [0.2, 0.25) is 0 Å². The van der Waals surface area contributed by atoms with E-state index in [0.717, 1.165) is 24.2 Å².